The summed E-state index contributed by atoms with van der Waals surface area (Å²) in [6, 6.07) is 15.7. The van der Waals surface area contributed by atoms with Gasteiger partial charge in [0.1, 0.15) is 5.58 Å². The Labute approximate surface area is 193 Å². The summed E-state index contributed by atoms with van der Waals surface area (Å²) >= 11 is 4.85. The monoisotopic (exact) mass is 498 g/mol. The molecule has 0 radical (unpaired) electrons. The molecule has 4 aromatic rings. The molecule has 31 heavy (non-hydrogen) atoms. The smallest absolute Gasteiger partial charge is 0.234 e. The van der Waals surface area contributed by atoms with Gasteiger partial charge in [-0.15, -0.1) is 10.2 Å². The molecule has 2 aromatic carbocycles. The molecular weight excluding hydrogens is 476 g/mol. The number of nitrogens with zero attached hydrogens (tertiary/aromatic N) is 3. The molecule has 4 rings (SSSR count). The van der Waals surface area contributed by atoms with Crippen LogP contribution in [0.3, 0.4) is 0 Å². The fourth-order valence-electron chi connectivity index (χ4n) is 3.42. The van der Waals surface area contributed by atoms with Gasteiger partial charge in [-0.2, -0.15) is 0 Å². The molecule has 0 aliphatic rings. The van der Waals surface area contributed by atoms with E-state index in [0.29, 0.717) is 29.2 Å². The fourth-order valence-corrected chi connectivity index (χ4v) is 4.60. The van der Waals surface area contributed by atoms with Crippen molar-refractivity contribution in [2.24, 2.45) is 0 Å². The first-order valence-electron chi connectivity index (χ1n) is 10.1. The molecule has 1 N–H and O–H groups in total. The minimum Gasteiger partial charge on any atom is -0.453 e. The van der Waals surface area contributed by atoms with Crippen LogP contribution in [0.15, 0.2) is 62.6 Å². The molecule has 2 heterocycles. The van der Waals surface area contributed by atoms with Gasteiger partial charge in [-0.3, -0.25) is 9.36 Å². The number of amides is 1. The number of para-hydroxylation sites is 1. The van der Waals surface area contributed by atoms with Gasteiger partial charge >= 0.3 is 0 Å². The summed E-state index contributed by atoms with van der Waals surface area (Å²) in [6.07, 6.45) is 0. The fraction of sp³-hybridized carbons (Fsp3) is 0.261. The van der Waals surface area contributed by atoms with E-state index in [1.54, 1.807) is 0 Å². The molecule has 0 saturated heterocycles. The van der Waals surface area contributed by atoms with E-state index in [2.05, 4.69) is 45.3 Å². The highest BCUT2D eigenvalue weighted by Gasteiger charge is 2.18. The Morgan fingerprint density at radius 1 is 1.19 bits per heavy atom. The Morgan fingerprint density at radius 3 is 2.77 bits per heavy atom. The molecule has 2 aromatic heterocycles. The van der Waals surface area contributed by atoms with Gasteiger partial charge in [0.15, 0.2) is 10.9 Å². The number of fused-ring (bicyclic) bond motifs is 1. The zero-order chi connectivity index (χ0) is 22.0. The molecule has 1 amide bonds. The Bertz CT molecular complexity index is 1230. The zero-order valence-electron chi connectivity index (χ0n) is 17.6. The summed E-state index contributed by atoms with van der Waals surface area (Å²) in [6.45, 7) is 6.92. The number of furan rings is 1. The van der Waals surface area contributed by atoms with Crippen molar-refractivity contribution in [3.63, 3.8) is 0 Å². The van der Waals surface area contributed by atoms with Crippen molar-refractivity contribution in [2.45, 2.75) is 38.4 Å². The SMILES string of the molecule is CCn1c(SCC(=O)Nc2ccccc2C(C)C)nnc1-c1cc2cc(Br)ccc2o1. The average molecular weight is 499 g/mol. The van der Waals surface area contributed by atoms with E-state index in [9.17, 15) is 4.79 Å². The van der Waals surface area contributed by atoms with Gasteiger partial charge in [0.05, 0.1) is 5.75 Å². The molecule has 6 nitrogen and oxygen atoms in total. The number of thioether (sulfide) groups is 1. The minimum atomic E-state index is -0.0705. The number of carbonyl (C=O) groups excluding carboxylic acids is 1. The first-order valence-corrected chi connectivity index (χ1v) is 11.9. The highest BCUT2D eigenvalue weighted by atomic mass is 79.9. The molecule has 8 heteroatoms. The maximum absolute atomic E-state index is 12.6. The van der Waals surface area contributed by atoms with Crippen LogP contribution in [0.2, 0.25) is 0 Å². The van der Waals surface area contributed by atoms with E-state index in [1.807, 2.05) is 60.0 Å². The molecule has 0 aliphatic heterocycles. The van der Waals surface area contributed by atoms with Crippen LogP contribution in [-0.4, -0.2) is 26.4 Å². The maximum atomic E-state index is 12.6. The van der Waals surface area contributed by atoms with Crippen LogP contribution in [0.4, 0.5) is 5.69 Å². The molecule has 160 valence electrons. The van der Waals surface area contributed by atoms with E-state index in [0.717, 1.165) is 26.7 Å². The Balaban J connectivity index is 1.49. The molecule has 0 atom stereocenters. The van der Waals surface area contributed by atoms with E-state index < -0.39 is 0 Å². The second kappa shape index (κ2) is 9.28. The van der Waals surface area contributed by atoms with Crippen molar-refractivity contribution in [1.82, 2.24) is 14.8 Å². The summed E-state index contributed by atoms with van der Waals surface area (Å²) in [4.78, 5) is 12.6. The lowest BCUT2D eigenvalue weighted by molar-refractivity contribution is -0.113. The van der Waals surface area contributed by atoms with Crippen LogP contribution in [0.1, 0.15) is 32.3 Å². The van der Waals surface area contributed by atoms with Gasteiger partial charge in [-0.05, 0) is 48.7 Å². The van der Waals surface area contributed by atoms with Gasteiger partial charge < -0.3 is 9.73 Å². The van der Waals surface area contributed by atoms with E-state index in [1.165, 1.54) is 11.8 Å². The summed E-state index contributed by atoms with van der Waals surface area (Å²) in [5, 5.41) is 13.3. The number of rotatable bonds is 7. The molecule has 0 bridgehead atoms. The number of hydrogen-bond acceptors (Lipinski definition) is 5. The Kier molecular flexibility index (Phi) is 6.48. The number of anilines is 1. The Hall–Kier alpha value is -2.58. The summed E-state index contributed by atoms with van der Waals surface area (Å²) in [7, 11) is 0. The van der Waals surface area contributed by atoms with Crippen LogP contribution < -0.4 is 5.32 Å². The van der Waals surface area contributed by atoms with Crippen molar-refractivity contribution in [1.29, 1.82) is 0 Å². The molecule has 0 fully saturated rings. The third-order valence-corrected chi connectivity index (χ3v) is 6.38. The van der Waals surface area contributed by atoms with Gasteiger partial charge in [0.2, 0.25) is 11.7 Å². The number of benzene rings is 2. The van der Waals surface area contributed by atoms with Crippen molar-refractivity contribution in [2.75, 3.05) is 11.1 Å². The van der Waals surface area contributed by atoms with Crippen molar-refractivity contribution in [3.8, 4) is 11.6 Å². The first kappa shape index (κ1) is 21.6. The summed E-state index contributed by atoms with van der Waals surface area (Å²) in [5.41, 5.74) is 2.77. The highest BCUT2D eigenvalue weighted by molar-refractivity contribution is 9.10. The standard InChI is InChI=1S/C23H23BrN4O2S/c1-4-28-22(20-12-15-11-16(24)9-10-19(15)30-20)26-27-23(28)31-13-21(29)25-18-8-6-5-7-17(18)14(2)3/h5-12,14H,4,13H2,1-3H3,(H,25,29). The number of hydrogen-bond donors (Lipinski definition) is 1. The third-order valence-electron chi connectivity index (χ3n) is 4.92. The Morgan fingerprint density at radius 2 is 2.00 bits per heavy atom. The largest absolute Gasteiger partial charge is 0.453 e. The van der Waals surface area contributed by atoms with E-state index in [-0.39, 0.29) is 11.7 Å². The van der Waals surface area contributed by atoms with Crippen LogP contribution in [-0.2, 0) is 11.3 Å². The van der Waals surface area contributed by atoms with Gasteiger partial charge in [0, 0.05) is 22.1 Å². The third kappa shape index (κ3) is 4.70. The predicted molar refractivity (Wildman–Crippen MR) is 128 cm³/mol. The maximum Gasteiger partial charge on any atom is 0.234 e. The number of halogens is 1. The van der Waals surface area contributed by atoms with Crippen molar-refractivity contribution in [3.05, 3.63) is 58.6 Å². The van der Waals surface area contributed by atoms with Gasteiger partial charge in [-0.25, -0.2) is 0 Å². The number of carbonyl (C=O) groups is 1. The lowest BCUT2D eigenvalue weighted by atomic mass is 10.0. The second-order valence-corrected chi connectivity index (χ2v) is 9.28. The second-order valence-electron chi connectivity index (χ2n) is 7.42. The minimum absolute atomic E-state index is 0.0705. The van der Waals surface area contributed by atoms with Crippen LogP contribution in [0, 0.1) is 0 Å². The zero-order valence-corrected chi connectivity index (χ0v) is 20.0. The summed E-state index contributed by atoms with van der Waals surface area (Å²) < 4.78 is 8.93. The topological polar surface area (TPSA) is 73.0 Å². The van der Waals surface area contributed by atoms with Gasteiger partial charge in [0.25, 0.3) is 0 Å². The lowest BCUT2D eigenvalue weighted by Crippen LogP contribution is -2.16. The van der Waals surface area contributed by atoms with Gasteiger partial charge in [-0.1, -0.05) is 59.7 Å². The van der Waals surface area contributed by atoms with Crippen LogP contribution in [0.5, 0.6) is 0 Å². The number of aromatic nitrogens is 3. The quantitative estimate of drug-likeness (QED) is 0.301. The highest BCUT2D eigenvalue weighted by Crippen LogP contribution is 2.31. The molecule has 0 aliphatic carbocycles. The molecule has 0 unspecified atom stereocenters. The normalized spacial score (nSPS) is 11.4. The molecular formula is C23H23BrN4O2S. The van der Waals surface area contributed by atoms with Crippen LogP contribution >= 0.6 is 27.7 Å². The van der Waals surface area contributed by atoms with Crippen molar-refractivity contribution >= 4 is 50.3 Å². The lowest BCUT2D eigenvalue weighted by Gasteiger charge is -2.13. The van der Waals surface area contributed by atoms with Crippen LogP contribution in [0.25, 0.3) is 22.6 Å². The average Bonchev–Trinajstić information content (AvgIpc) is 3.35. The molecule has 0 saturated carbocycles. The van der Waals surface area contributed by atoms with E-state index >= 15 is 0 Å². The molecule has 0 spiro atoms. The summed E-state index contributed by atoms with van der Waals surface area (Å²) in [5.74, 6) is 1.82. The number of nitrogens with one attached hydrogen (secondary N) is 1. The van der Waals surface area contributed by atoms with E-state index in [4.69, 9.17) is 4.42 Å². The first-order chi connectivity index (χ1) is 15.0. The van der Waals surface area contributed by atoms with Crippen molar-refractivity contribution < 1.29 is 9.21 Å². The predicted octanol–water partition coefficient (Wildman–Crippen LogP) is 6.33.